The molecule has 0 saturated heterocycles. The topological polar surface area (TPSA) is 78.1 Å². The van der Waals surface area contributed by atoms with E-state index in [0.717, 1.165) is 22.7 Å². The largest absolute Gasteiger partial charge is 0.497 e. The Kier molecular flexibility index (Phi) is 5.68. The van der Waals surface area contributed by atoms with E-state index in [2.05, 4.69) is 10.6 Å². The van der Waals surface area contributed by atoms with Gasteiger partial charge in [-0.1, -0.05) is 6.07 Å². The van der Waals surface area contributed by atoms with Crippen molar-refractivity contribution in [2.24, 2.45) is 0 Å². The van der Waals surface area contributed by atoms with Crippen LogP contribution >= 0.6 is 0 Å². The zero-order valence-electron chi connectivity index (χ0n) is 14.8. The summed E-state index contributed by atoms with van der Waals surface area (Å²) in [6, 6.07) is 11.1. The predicted octanol–water partition coefficient (Wildman–Crippen LogP) is 2.55. The van der Waals surface area contributed by atoms with Gasteiger partial charge in [-0.3, -0.25) is 4.79 Å². The van der Waals surface area contributed by atoms with Gasteiger partial charge in [-0.15, -0.1) is 0 Å². The van der Waals surface area contributed by atoms with Gasteiger partial charge in [0.25, 0.3) is 0 Å². The molecule has 0 radical (unpaired) electrons. The Bertz CT molecular complexity index is 779. The lowest BCUT2D eigenvalue weighted by Crippen LogP contribution is -2.24. The standard InChI is InChI=1S/C19H22N2O5/c1-23-14-4-6-16(24-2)15(10-14)20-8-7-19(22)21-11-13-3-5-17-18(9-13)26-12-25-17/h3-6,9-10,20H,7-8,11-12H2,1-2H3,(H,21,22). The number of rotatable bonds is 8. The second-order valence-corrected chi connectivity index (χ2v) is 5.71. The van der Waals surface area contributed by atoms with Crippen molar-refractivity contribution in [3.63, 3.8) is 0 Å². The highest BCUT2D eigenvalue weighted by Gasteiger charge is 2.13. The third-order valence-electron chi connectivity index (χ3n) is 4.00. The Morgan fingerprint density at radius 1 is 1.08 bits per heavy atom. The van der Waals surface area contributed by atoms with Crippen LogP contribution in [0, 0.1) is 0 Å². The summed E-state index contributed by atoms with van der Waals surface area (Å²) < 4.78 is 21.1. The van der Waals surface area contributed by atoms with Gasteiger partial charge in [0.1, 0.15) is 11.5 Å². The lowest BCUT2D eigenvalue weighted by molar-refractivity contribution is -0.121. The second kappa shape index (κ2) is 8.33. The predicted molar refractivity (Wildman–Crippen MR) is 97.1 cm³/mol. The average molecular weight is 358 g/mol. The first-order chi connectivity index (χ1) is 12.7. The Balaban J connectivity index is 1.46. The van der Waals surface area contributed by atoms with E-state index in [0.29, 0.717) is 31.0 Å². The molecule has 0 bridgehead atoms. The Labute approximate surface area is 152 Å². The minimum absolute atomic E-state index is 0.0444. The van der Waals surface area contributed by atoms with Crippen LogP contribution < -0.4 is 29.6 Å². The monoisotopic (exact) mass is 358 g/mol. The van der Waals surface area contributed by atoms with Crippen LogP contribution in [-0.2, 0) is 11.3 Å². The third kappa shape index (κ3) is 4.30. The van der Waals surface area contributed by atoms with Gasteiger partial charge in [0.05, 0.1) is 19.9 Å². The zero-order valence-corrected chi connectivity index (χ0v) is 14.8. The number of hydrogen-bond acceptors (Lipinski definition) is 6. The van der Waals surface area contributed by atoms with Crippen molar-refractivity contribution in [3.05, 3.63) is 42.0 Å². The summed E-state index contributed by atoms with van der Waals surface area (Å²) in [7, 11) is 3.21. The fourth-order valence-corrected chi connectivity index (χ4v) is 2.60. The normalized spacial score (nSPS) is 11.8. The van der Waals surface area contributed by atoms with Crippen molar-refractivity contribution < 1.29 is 23.7 Å². The highest BCUT2D eigenvalue weighted by Crippen LogP contribution is 2.32. The molecule has 2 aromatic carbocycles. The minimum Gasteiger partial charge on any atom is -0.497 e. The van der Waals surface area contributed by atoms with E-state index in [-0.39, 0.29) is 12.7 Å². The van der Waals surface area contributed by atoms with E-state index in [1.165, 1.54) is 0 Å². The third-order valence-corrected chi connectivity index (χ3v) is 4.00. The molecule has 138 valence electrons. The first kappa shape index (κ1) is 17.7. The van der Waals surface area contributed by atoms with E-state index >= 15 is 0 Å². The van der Waals surface area contributed by atoms with Crippen LogP contribution in [-0.4, -0.2) is 33.5 Å². The summed E-state index contributed by atoms with van der Waals surface area (Å²) in [6.45, 7) is 1.17. The maximum atomic E-state index is 12.1. The van der Waals surface area contributed by atoms with Crippen LogP contribution in [0.5, 0.6) is 23.0 Å². The molecule has 0 aromatic heterocycles. The van der Waals surface area contributed by atoms with Gasteiger partial charge in [0.15, 0.2) is 11.5 Å². The van der Waals surface area contributed by atoms with Crippen LogP contribution in [0.2, 0.25) is 0 Å². The van der Waals surface area contributed by atoms with Crippen LogP contribution in [0.1, 0.15) is 12.0 Å². The number of nitrogens with one attached hydrogen (secondary N) is 2. The van der Waals surface area contributed by atoms with Gasteiger partial charge in [-0.05, 0) is 29.8 Å². The van der Waals surface area contributed by atoms with Crippen molar-refractivity contribution in [1.29, 1.82) is 0 Å². The van der Waals surface area contributed by atoms with E-state index in [4.69, 9.17) is 18.9 Å². The number of carbonyl (C=O) groups excluding carboxylic acids is 1. The smallest absolute Gasteiger partial charge is 0.231 e. The van der Waals surface area contributed by atoms with Gasteiger partial charge in [-0.25, -0.2) is 0 Å². The first-order valence-corrected chi connectivity index (χ1v) is 8.30. The van der Waals surface area contributed by atoms with E-state index in [1.807, 2.05) is 36.4 Å². The van der Waals surface area contributed by atoms with Crippen molar-refractivity contribution in [2.75, 3.05) is 32.9 Å². The number of hydrogen-bond donors (Lipinski definition) is 2. The number of benzene rings is 2. The Morgan fingerprint density at radius 3 is 2.73 bits per heavy atom. The summed E-state index contributed by atoms with van der Waals surface area (Å²) in [4.78, 5) is 12.1. The lowest BCUT2D eigenvalue weighted by atomic mass is 10.2. The average Bonchev–Trinajstić information content (AvgIpc) is 3.14. The molecule has 0 fully saturated rings. The summed E-state index contributed by atoms with van der Waals surface area (Å²) in [5.74, 6) is 2.82. The molecule has 0 saturated carbocycles. The molecule has 0 aliphatic carbocycles. The summed E-state index contributed by atoms with van der Waals surface area (Å²) >= 11 is 0. The molecule has 2 aromatic rings. The van der Waals surface area contributed by atoms with Gasteiger partial charge in [0, 0.05) is 25.6 Å². The molecular weight excluding hydrogens is 336 g/mol. The van der Waals surface area contributed by atoms with E-state index < -0.39 is 0 Å². The number of ether oxygens (including phenoxy) is 4. The van der Waals surface area contributed by atoms with E-state index in [1.54, 1.807) is 14.2 Å². The molecule has 1 heterocycles. The zero-order chi connectivity index (χ0) is 18.4. The summed E-state index contributed by atoms with van der Waals surface area (Å²) in [5.41, 5.74) is 1.75. The Hall–Kier alpha value is -3.09. The maximum Gasteiger partial charge on any atom is 0.231 e. The number of methoxy groups -OCH3 is 2. The fourth-order valence-electron chi connectivity index (χ4n) is 2.60. The first-order valence-electron chi connectivity index (χ1n) is 8.30. The number of fused-ring (bicyclic) bond motifs is 1. The molecule has 2 N–H and O–H groups in total. The molecule has 26 heavy (non-hydrogen) atoms. The van der Waals surface area contributed by atoms with Gasteiger partial charge in [0.2, 0.25) is 12.7 Å². The molecular formula is C19H22N2O5. The highest BCUT2D eigenvalue weighted by atomic mass is 16.7. The second-order valence-electron chi connectivity index (χ2n) is 5.71. The van der Waals surface area contributed by atoms with Crippen molar-refractivity contribution in [3.8, 4) is 23.0 Å². The highest BCUT2D eigenvalue weighted by molar-refractivity contribution is 5.76. The molecule has 0 atom stereocenters. The molecule has 7 nitrogen and oxygen atoms in total. The van der Waals surface area contributed by atoms with Crippen LogP contribution in [0.3, 0.4) is 0 Å². The Morgan fingerprint density at radius 2 is 1.92 bits per heavy atom. The minimum atomic E-state index is -0.0444. The summed E-state index contributed by atoms with van der Waals surface area (Å²) in [5, 5.41) is 6.10. The number of anilines is 1. The van der Waals surface area contributed by atoms with Crippen molar-refractivity contribution in [1.82, 2.24) is 5.32 Å². The van der Waals surface area contributed by atoms with Gasteiger partial charge < -0.3 is 29.6 Å². The molecule has 3 rings (SSSR count). The SMILES string of the molecule is COc1ccc(OC)c(NCCC(=O)NCc2ccc3c(c2)OCO3)c1. The fraction of sp³-hybridized carbons (Fsp3) is 0.316. The van der Waals surface area contributed by atoms with Crippen molar-refractivity contribution in [2.45, 2.75) is 13.0 Å². The molecule has 0 spiro atoms. The quantitative estimate of drug-likeness (QED) is 0.755. The molecule has 1 aliphatic heterocycles. The maximum absolute atomic E-state index is 12.1. The van der Waals surface area contributed by atoms with Crippen LogP contribution in [0.25, 0.3) is 0 Å². The van der Waals surface area contributed by atoms with Gasteiger partial charge in [-0.2, -0.15) is 0 Å². The molecule has 1 aliphatic rings. The van der Waals surface area contributed by atoms with E-state index in [9.17, 15) is 4.79 Å². The summed E-state index contributed by atoms with van der Waals surface area (Å²) in [6.07, 6.45) is 0.338. The van der Waals surface area contributed by atoms with Crippen LogP contribution in [0.15, 0.2) is 36.4 Å². The molecule has 1 amide bonds. The number of carbonyl (C=O) groups is 1. The number of amides is 1. The lowest BCUT2D eigenvalue weighted by Gasteiger charge is -2.12. The molecule has 0 unspecified atom stereocenters. The molecule has 7 heteroatoms. The van der Waals surface area contributed by atoms with Crippen molar-refractivity contribution >= 4 is 11.6 Å². The van der Waals surface area contributed by atoms with Crippen LogP contribution in [0.4, 0.5) is 5.69 Å². The van der Waals surface area contributed by atoms with Gasteiger partial charge >= 0.3 is 0 Å².